The summed E-state index contributed by atoms with van der Waals surface area (Å²) in [4.78, 5) is 6.67. The Labute approximate surface area is 197 Å². The highest BCUT2D eigenvalue weighted by Gasteiger charge is 2.19. The quantitative estimate of drug-likeness (QED) is 0.381. The lowest BCUT2D eigenvalue weighted by atomic mass is 9.86. The molecule has 3 rings (SSSR count). The summed E-state index contributed by atoms with van der Waals surface area (Å²) < 4.78 is 0. The Balaban J connectivity index is 0.000000335. The molecule has 3 nitrogen and oxygen atoms in total. The van der Waals surface area contributed by atoms with Gasteiger partial charge in [0.15, 0.2) is 0 Å². The van der Waals surface area contributed by atoms with Crippen LogP contribution in [-0.4, -0.2) is 37.1 Å². The molecule has 1 heterocycles. The van der Waals surface area contributed by atoms with E-state index in [-0.39, 0.29) is 0 Å². The van der Waals surface area contributed by atoms with Crippen LogP contribution in [0.2, 0.25) is 0 Å². The zero-order valence-electron chi connectivity index (χ0n) is 21.7. The summed E-state index contributed by atoms with van der Waals surface area (Å²) in [5.74, 6) is 1.70. The number of hydrogen-bond donors (Lipinski definition) is 1. The molecular weight excluding hydrogens is 390 g/mol. The van der Waals surface area contributed by atoms with Gasteiger partial charge in [-0.2, -0.15) is 0 Å². The topological polar surface area (TPSA) is 28.2 Å². The fourth-order valence-electron chi connectivity index (χ4n) is 3.76. The van der Waals surface area contributed by atoms with Gasteiger partial charge in [-0.3, -0.25) is 0 Å². The van der Waals surface area contributed by atoms with E-state index >= 15 is 0 Å². The molecule has 0 amide bonds. The zero-order chi connectivity index (χ0) is 24.1. The molecular formula is C29H45N3. The summed E-state index contributed by atoms with van der Waals surface area (Å²) in [5, 5.41) is 5.45. The molecule has 1 aliphatic carbocycles. The van der Waals surface area contributed by atoms with Gasteiger partial charge in [0.2, 0.25) is 0 Å². The lowest BCUT2D eigenvalue weighted by Gasteiger charge is -2.31. The van der Waals surface area contributed by atoms with E-state index in [2.05, 4.69) is 99.1 Å². The van der Waals surface area contributed by atoms with Crippen LogP contribution in [0.1, 0.15) is 65.9 Å². The maximum Gasteiger partial charge on any atom is 0.126 e. The normalized spacial score (nSPS) is 18.1. The van der Waals surface area contributed by atoms with Crippen molar-refractivity contribution < 1.29 is 0 Å². The maximum absolute atomic E-state index is 4.32. The van der Waals surface area contributed by atoms with Crippen LogP contribution in [-0.2, 0) is 0 Å². The van der Waals surface area contributed by atoms with Gasteiger partial charge in [-0.05, 0) is 95.1 Å². The molecule has 2 aromatic rings. The standard InChI is InChI=1S/C17H20N2.C10H19N.C2H6/c1-12(2)5-6-13(3)14-7-8-15-11-19-17(18-4)10-16(15)9-14;1-4-9-5-7-10(8-6-9)11(2)3;1-2/h5-11H,1-4H3,(H,18,19);4,9-10H,1,5-8H2,2-3H3;1-2H3/b13-6+;;. The minimum absolute atomic E-state index is 0.797. The fraction of sp³-hybridized carbons (Fsp3) is 0.483. The number of nitrogens with one attached hydrogen (secondary N) is 1. The first kappa shape index (κ1) is 27.6. The van der Waals surface area contributed by atoms with Gasteiger partial charge in [0.05, 0.1) is 0 Å². The van der Waals surface area contributed by atoms with E-state index < -0.39 is 0 Å². The van der Waals surface area contributed by atoms with Crippen molar-refractivity contribution in [2.75, 3.05) is 26.5 Å². The molecule has 1 aliphatic rings. The van der Waals surface area contributed by atoms with Crippen molar-refractivity contribution in [3.8, 4) is 0 Å². The number of anilines is 1. The van der Waals surface area contributed by atoms with Crippen LogP contribution in [0.15, 0.2) is 60.8 Å². The fourth-order valence-corrected chi connectivity index (χ4v) is 3.76. The van der Waals surface area contributed by atoms with Crippen LogP contribution >= 0.6 is 0 Å². The van der Waals surface area contributed by atoms with Gasteiger partial charge in [-0.15, -0.1) is 6.58 Å². The zero-order valence-corrected chi connectivity index (χ0v) is 21.7. The van der Waals surface area contributed by atoms with E-state index in [9.17, 15) is 0 Å². The first-order valence-corrected chi connectivity index (χ1v) is 12.0. The highest BCUT2D eigenvalue weighted by molar-refractivity contribution is 5.87. The third kappa shape index (κ3) is 9.00. The lowest BCUT2D eigenvalue weighted by molar-refractivity contribution is 0.209. The number of hydrogen-bond acceptors (Lipinski definition) is 3. The van der Waals surface area contributed by atoms with E-state index in [0.717, 1.165) is 23.2 Å². The SMILES string of the molecule is C=CC1CCC(N(C)C)CC1.CC.CNc1cc2cc(/C(C)=C/C=C(C)C)ccc2cn1. The molecule has 32 heavy (non-hydrogen) atoms. The third-order valence-electron chi connectivity index (χ3n) is 5.90. The predicted molar refractivity (Wildman–Crippen MR) is 145 cm³/mol. The van der Waals surface area contributed by atoms with Crippen LogP contribution in [0.3, 0.4) is 0 Å². The van der Waals surface area contributed by atoms with Crippen LogP contribution in [0, 0.1) is 5.92 Å². The van der Waals surface area contributed by atoms with Crippen molar-refractivity contribution in [1.29, 1.82) is 0 Å². The molecule has 0 bridgehead atoms. The highest BCUT2D eigenvalue weighted by atomic mass is 15.1. The Morgan fingerprint density at radius 1 is 1.00 bits per heavy atom. The average molecular weight is 436 g/mol. The van der Waals surface area contributed by atoms with Crippen LogP contribution < -0.4 is 5.32 Å². The second kappa shape index (κ2) is 14.6. The molecule has 1 aromatic carbocycles. The minimum atomic E-state index is 0.797. The Bertz CT molecular complexity index is 880. The van der Waals surface area contributed by atoms with E-state index in [1.165, 1.54) is 47.8 Å². The molecule has 0 unspecified atom stereocenters. The van der Waals surface area contributed by atoms with Crippen molar-refractivity contribution >= 4 is 22.2 Å². The molecule has 0 saturated heterocycles. The molecule has 176 valence electrons. The Morgan fingerprint density at radius 2 is 1.66 bits per heavy atom. The van der Waals surface area contributed by atoms with E-state index in [1.54, 1.807) is 0 Å². The van der Waals surface area contributed by atoms with Crippen LogP contribution in [0.5, 0.6) is 0 Å². The van der Waals surface area contributed by atoms with Crippen molar-refractivity contribution in [3.63, 3.8) is 0 Å². The molecule has 1 saturated carbocycles. The highest BCUT2D eigenvalue weighted by Crippen LogP contribution is 2.26. The first-order valence-electron chi connectivity index (χ1n) is 12.0. The summed E-state index contributed by atoms with van der Waals surface area (Å²) in [6, 6.07) is 9.38. The monoisotopic (exact) mass is 435 g/mol. The number of benzene rings is 1. The Hall–Kier alpha value is -2.39. The number of fused-ring (bicyclic) bond motifs is 1. The molecule has 1 aromatic heterocycles. The number of nitrogens with zero attached hydrogens (tertiary/aromatic N) is 2. The smallest absolute Gasteiger partial charge is 0.126 e. The van der Waals surface area contributed by atoms with Crippen molar-refractivity contribution in [2.24, 2.45) is 5.92 Å². The summed E-state index contributed by atoms with van der Waals surface area (Å²) in [5.41, 5.74) is 3.82. The van der Waals surface area contributed by atoms with Gasteiger partial charge in [0.25, 0.3) is 0 Å². The number of pyridine rings is 1. The minimum Gasteiger partial charge on any atom is -0.373 e. The van der Waals surface area contributed by atoms with Gasteiger partial charge in [-0.25, -0.2) is 4.98 Å². The Kier molecular flexibility index (Phi) is 12.6. The largest absolute Gasteiger partial charge is 0.373 e. The van der Waals surface area contributed by atoms with Gasteiger partial charge in [0.1, 0.15) is 5.82 Å². The van der Waals surface area contributed by atoms with Gasteiger partial charge in [-0.1, -0.05) is 49.8 Å². The van der Waals surface area contributed by atoms with Crippen LogP contribution in [0.25, 0.3) is 16.3 Å². The van der Waals surface area contributed by atoms with E-state index in [0.29, 0.717) is 0 Å². The summed E-state index contributed by atoms with van der Waals surface area (Å²) in [6.45, 7) is 14.2. The molecule has 1 fully saturated rings. The third-order valence-corrected chi connectivity index (χ3v) is 5.90. The second-order valence-corrected chi connectivity index (χ2v) is 8.74. The maximum atomic E-state index is 4.32. The molecule has 0 radical (unpaired) electrons. The van der Waals surface area contributed by atoms with E-state index in [1.807, 2.05) is 27.1 Å². The molecule has 0 atom stereocenters. The number of allylic oxidation sites excluding steroid dienone is 5. The number of rotatable bonds is 5. The predicted octanol–water partition coefficient (Wildman–Crippen LogP) is 7.97. The lowest BCUT2D eigenvalue weighted by Crippen LogP contribution is -2.31. The number of aromatic nitrogens is 1. The molecule has 0 aliphatic heterocycles. The molecule has 0 spiro atoms. The average Bonchev–Trinajstić information content (AvgIpc) is 2.83. The first-order chi connectivity index (χ1) is 15.3. The molecule has 1 N–H and O–H groups in total. The summed E-state index contributed by atoms with van der Waals surface area (Å²) >= 11 is 0. The van der Waals surface area contributed by atoms with Gasteiger partial charge >= 0.3 is 0 Å². The second-order valence-electron chi connectivity index (χ2n) is 8.74. The van der Waals surface area contributed by atoms with Crippen molar-refractivity contribution in [2.45, 2.75) is 66.3 Å². The van der Waals surface area contributed by atoms with Crippen molar-refractivity contribution in [1.82, 2.24) is 9.88 Å². The summed E-state index contributed by atoms with van der Waals surface area (Å²) in [7, 11) is 6.25. The van der Waals surface area contributed by atoms with Gasteiger partial charge < -0.3 is 10.2 Å². The van der Waals surface area contributed by atoms with Gasteiger partial charge in [0, 0.05) is 24.7 Å². The Morgan fingerprint density at radius 3 is 2.19 bits per heavy atom. The summed E-state index contributed by atoms with van der Waals surface area (Å²) in [6.07, 6.45) is 13.7. The van der Waals surface area contributed by atoms with Crippen molar-refractivity contribution in [3.05, 3.63) is 66.4 Å². The van der Waals surface area contributed by atoms with Crippen LogP contribution in [0.4, 0.5) is 5.82 Å². The molecule has 3 heteroatoms. The van der Waals surface area contributed by atoms with E-state index in [4.69, 9.17) is 0 Å².